The number of nitrogens with zero attached hydrogens (tertiary/aromatic N) is 1. The summed E-state index contributed by atoms with van der Waals surface area (Å²) in [5.74, 6) is 1.41. The third kappa shape index (κ3) is 3.72. The van der Waals surface area contributed by atoms with Crippen molar-refractivity contribution in [3.8, 4) is 0 Å². The Labute approximate surface area is 148 Å². The standard InChI is InChI=1S/C5H3I4N3.HI/c6-1-2(7)4(10)11-5(12-9)3(1)8;/h(H3,10,11,12);1H. The fourth-order valence-corrected chi connectivity index (χ4v) is 3.46. The Morgan fingerprint density at radius 2 is 1.62 bits per heavy atom. The van der Waals surface area contributed by atoms with Gasteiger partial charge in [-0.3, -0.25) is 0 Å². The minimum atomic E-state index is 0. The summed E-state index contributed by atoms with van der Waals surface area (Å²) in [6.45, 7) is 0. The normalized spacial score (nSPS) is 9.23. The zero-order valence-electron chi connectivity index (χ0n) is 5.94. The summed E-state index contributed by atoms with van der Waals surface area (Å²) >= 11 is 8.76. The average molecular weight is 741 g/mol. The maximum atomic E-state index is 5.70. The highest BCUT2D eigenvalue weighted by Gasteiger charge is 2.11. The minimum absolute atomic E-state index is 0. The number of nitrogens with two attached hydrogens (primary N) is 1. The van der Waals surface area contributed by atoms with Crippen molar-refractivity contribution in [1.82, 2.24) is 4.98 Å². The van der Waals surface area contributed by atoms with E-state index in [-0.39, 0.29) is 24.0 Å². The zero-order valence-corrected chi connectivity index (χ0v) is 16.9. The van der Waals surface area contributed by atoms with E-state index < -0.39 is 0 Å². The summed E-state index contributed by atoms with van der Waals surface area (Å²) in [5.41, 5.74) is 5.70. The molecule has 13 heavy (non-hydrogen) atoms. The Morgan fingerprint density at radius 1 is 1.08 bits per heavy atom. The highest BCUT2D eigenvalue weighted by molar-refractivity contribution is 14.1. The molecule has 0 aliphatic heterocycles. The van der Waals surface area contributed by atoms with Crippen molar-refractivity contribution < 1.29 is 0 Å². The van der Waals surface area contributed by atoms with Crippen LogP contribution in [0.3, 0.4) is 0 Å². The van der Waals surface area contributed by atoms with Crippen LogP contribution in [0.25, 0.3) is 0 Å². The van der Waals surface area contributed by atoms with Gasteiger partial charge in [0.25, 0.3) is 0 Å². The number of anilines is 2. The number of hydrogen-bond acceptors (Lipinski definition) is 3. The van der Waals surface area contributed by atoms with E-state index in [0.717, 1.165) is 16.5 Å². The highest BCUT2D eigenvalue weighted by atomic mass is 127. The topological polar surface area (TPSA) is 50.9 Å². The fourth-order valence-electron chi connectivity index (χ4n) is 0.594. The third-order valence-corrected chi connectivity index (χ3v) is 6.94. The molecule has 1 aromatic heterocycles. The molecule has 0 amide bonds. The molecule has 0 radical (unpaired) electrons. The average Bonchev–Trinajstić information content (AvgIpc) is 2.08. The lowest BCUT2D eigenvalue weighted by molar-refractivity contribution is 1.29. The van der Waals surface area contributed by atoms with Gasteiger partial charge in [0.2, 0.25) is 0 Å². The maximum absolute atomic E-state index is 5.70. The smallest absolute Gasteiger partial charge is 0.151 e. The lowest BCUT2D eigenvalue weighted by atomic mass is 10.4. The molecule has 0 atom stereocenters. The highest BCUT2D eigenvalue weighted by Crippen LogP contribution is 2.29. The first-order chi connectivity index (χ1) is 5.57. The van der Waals surface area contributed by atoms with Gasteiger partial charge in [-0.1, -0.05) is 0 Å². The first-order valence-corrected chi connectivity index (χ1v) is 7.06. The van der Waals surface area contributed by atoms with E-state index in [4.69, 9.17) is 5.73 Å². The molecule has 0 unspecified atom stereocenters. The van der Waals surface area contributed by atoms with Gasteiger partial charge in [-0.15, -0.1) is 24.0 Å². The molecule has 0 spiro atoms. The van der Waals surface area contributed by atoms with E-state index in [2.05, 4.69) is 76.3 Å². The van der Waals surface area contributed by atoms with Gasteiger partial charge in [0, 0.05) is 3.57 Å². The molecule has 1 heterocycles. The van der Waals surface area contributed by atoms with Gasteiger partial charge in [-0.25, -0.2) is 4.98 Å². The molecule has 0 saturated carbocycles. The summed E-state index contributed by atoms with van der Waals surface area (Å²) in [5, 5.41) is 0. The van der Waals surface area contributed by atoms with E-state index in [9.17, 15) is 0 Å². The molecular weight excluding hydrogens is 737 g/mol. The number of nitrogen functional groups attached to an aromatic ring is 1. The quantitative estimate of drug-likeness (QED) is 0.340. The van der Waals surface area contributed by atoms with Crippen LogP contribution < -0.4 is 9.26 Å². The third-order valence-electron chi connectivity index (χ3n) is 1.14. The molecule has 0 saturated heterocycles. The molecule has 0 aromatic carbocycles. The minimum Gasteiger partial charge on any atom is -0.383 e. The predicted octanol–water partition coefficient (Wildman–Crippen LogP) is 3.86. The van der Waals surface area contributed by atoms with Crippen molar-refractivity contribution in [3.63, 3.8) is 0 Å². The summed E-state index contributed by atoms with van der Waals surface area (Å²) in [4.78, 5) is 4.19. The Hall–Kier alpha value is 2.40. The summed E-state index contributed by atoms with van der Waals surface area (Å²) < 4.78 is 6.25. The molecule has 74 valence electrons. The predicted molar refractivity (Wildman–Crippen MR) is 99.9 cm³/mol. The second kappa shape index (κ2) is 6.87. The van der Waals surface area contributed by atoms with Crippen molar-refractivity contribution in [2.75, 3.05) is 9.26 Å². The van der Waals surface area contributed by atoms with Gasteiger partial charge >= 0.3 is 0 Å². The lowest BCUT2D eigenvalue weighted by Crippen LogP contribution is -2.02. The van der Waals surface area contributed by atoms with Crippen molar-refractivity contribution in [2.24, 2.45) is 0 Å². The Kier molecular flexibility index (Phi) is 8.14. The number of halogens is 5. The second-order valence-electron chi connectivity index (χ2n) is 1.88. The lowest BCUT2D eigenvalue weighted by Gasteiger charge is -2.07. The largest absolute Gasteiger partial charge is 0.383 e. The first kappa shape index (κ1) is 15.4. The van der Waals surface area contributed by atoms with Crippen molar-refractivity contribution in [2.45, 2.75) is 0 Å². The molecule has 0 fully saturated rings. The van der Waals surface area contributed by atoms with Crippen LogP contribution in [0.2, 0.25) is 0 Å². The van der Waals surface area contributed by atoms with E-state index in [1.807, 2.05) is 22.9 Å². The van der Waals surface area contributed by atoms with E-state index >= 15 is 0 Å². The SMILES string of the molecule is I.Nc1nc(NI)c(I)c(I)c1I. The molecule has 3 N–H and O–H groups in total. The van der Waals surface area contributed by atoms with Crippen LogP contribution in [-0.4, -0.2) is 4.98 Å². The second-order valence-corrected chi connectivity index (χ2v) is 5.66. The van der Waals surface area contributed by atoms with Gasteiger partial charge in [-0.05, 0) is 67.8 Å². The number of rotatable bonds is 1. The van der Waals surface area contributed by atoms with Crippen molar-refractivity contribution in [3.05, 3.63) is 10.7 Å². The number of aromatic nitrogens is 1. The Bertz CT molecular complexity index is 316. The molecule has 1 aromatic rings. The molecule has 8 heteroatoms. The van der Waals surface area contributed by atoms with E-state index in [1.54, 1.807) is 0 Å². The van der Waals surface area contributed by atoms with Gasteiger partial charge in [0.1, 0.15) is 5.82 Å². The molecule has 3 nitrogen and oxygen atoms in total. The number of hydrogen-bond donors (Lipinski definition) is 2. The Balaban J connectivity index is 0.00000144. The van der Waals surface area contributed by atoms with Crippen LogP contribution in [0.5, 0.6) is 0 Å². The van der Waals surface area contributed by atoms with Crippen LogP contribution in [0.15, 0.2) is 0 Å². The van der Waals surface area contributed by atoms with Crippen molar-refractivity contribution in [1.29, 1.82) is 0 Å². The Morgan fingerprint density at radius 3 is 2.08 bits per heavy atom. The van der Waals surface area contributed by atoms with Crippen LogP contribution in [0, 0.1) is 10.7 Å². The molecule has 0 bridgehead atoms. The van der Waals surface area contributed by atoms with Crippen LogP contribution in [-0.2, 0) is 0 Å². The summed E-state index contributed by atoms with van der Waals surface area (Å²) in [6.07, 6.45) is 0. The van der Waals surface area contributed by atoms with Crippen LogP contribution in [0.4, 0.5) is 11.6 Å². The first-order valence-electron chi connectivity index (χ1n) is 2.74. The van der Waals surface area contributed by atoms with Gasteiger partial charge in [0.05, 0.1) is 30.0 Å². The van der Waals surface area contributed by atoms with Crippen LogP contribution >= 0.6 is 115 Å². The van der Waals surface area contributed by atoms with E-state index in [1.165, 1.54) is 0 Å². The van der Waals surface area contributed by atoms with Gasteiger partial charge < -0.3 is 9.26 Å². The van der Waals surface area contributed by atoms with Crippen LogP contribution in [0.1, 0.15) is 0 Å². The zero-order chi connectivity index (χ0) is 9.30. The molecule has 1 rings (SSSR count). The molecule has 0 aliphatic rings. The van der Waals surface area contributed by atoms with Crippen molar-refractivity contribution >= 4 is 126 Å². The number of pyridine rings is 1. The molecule has 0 aliphatic carbocycles. The summed E-state index contributed by atoms with van der Waals surface area (Å²) in [6, 6.07) is 0. The fraction of sp³-hybridized carbons (Fsp3) is 0. The molecular formula is C5H4I5N3. The van der Waals surface area contributed by atoms with E-state index in [0.29, 0.717) is 5.82 Å². The van der Waals surface area contributed by atoms with Gasteiger partial charge in [0.15, 0.2) is 5.82 Å². The maximum Gasteiger partial charge on any atom is 0.151 e. The number of nitrogens with one attached hydrogen (secondary N) is 1. The van der Waals surface area contributed by atoms with Gasteiger partial charge in [-0.2, -0.15) is 0 Å². The monoisotopic (exact) mass is 741 g/mol. The summed E-state index contributed by atoms with van der Waals surface area (Å²) in [7, 11) is 0.